The number of hydrogen-bond donors (Lipinski definition) is 2. The minimum absolute atomic E-state index is 0.0643. The molecule has 3 aromatic rings. The lowest BCUT2D eigenvalue weighted by Gasteiger charge is -2.03. The number of rotatable bonds is 2. The van der Waals surface area contributed by atoms with E-state index < -0.39 is 17.3 Å². The molecule has 118 valence electrons. The molecule has 0 radical (unpaired) electrons. The number of carboxylic acid groups (broad SMARTS) is 1. The van der Waals surface area contributed by atoms with Crippen molar-refractivity contribution in [2.75, 3.05) is 0 Å². The van der Waals surface area contributed by atoms with Gasteiger partial charge < -0.3 is 10.1 Å². The average molecular weight is 314 g/mol. The van der Waals surface area contributed by atoms with Crippen molar-refractivity contribution in [3.63, 3.8) is 0 Å². The second-order valence-corrected chi connectivity index (χ2v) is 4.46. The molecule has 5 nitrogen and oxygen atoms in total. The van der Waals surface area contributed by atoms with Crippen molar-refractivity contribution in [1.82, 2.24) is 9.97 Å². The first-order chi connectivity index (χ1) is 11.0. The number of fused-ring (bicyclic) bond motifs is 1. The fourth-order valence-corrected chi connectivity index (χ4v) is 2.02. The smallest absolute Gasteiger partial charge is 0.335 e. The number of aromatic amines is 1. The summed E-state index contributed by atoms with van der Waals surface area (Å²) in [5.41, 5.74) is 1.04. The molecule has 0 aliphatic heterocycles. The molecular formula is C17H15FN2O3. The largest absolute Gasteiger partial charge is 0.478 e. The normalized spacial score (nSPS) is 10.0. The standard InChI is InChI=1S/C15H9FN2O3.C2H6/c16-10-4-1-8(2-5-10)13-14(19)18-12-7-9(15(20)21)3-6-11(12)17-13;1-2/h1-7H,(H,18,19)(H,20,21);1-2H3. The highest BCUT2D eigenvalue weighted by Gasteiger charge is 2.10. The number of nitrogens with zero attached hydrogens (tertiary/aromatic N) is 1. The van der Waals surface area contributed by atoms with Crippen molar-refractivity contribution in [2.24, 2.45) is 0 Å². The van der Waals surface area contributed by atoms with Gasteiger partial charge in [-0.25, -0.2) is 14.2 Å². The summed E-state index contributed by atoms with van der Waals surface area (Å²) in [4.78, 5) is 29.7. The number of halogens is 1. The summed E-state index contributed by atoms with van der Waals surface area (Å²) < 4.78 is 12.9. The molecule has 0 saturated carbocycles. The van der Waals surface area contributed by atoms with E-state index in [0.29, 0.717) is 16.6 Å². The van der Waals surface area contributed by atoms with Crippen LogP contribution >= 0.6 is 0 Å². The lowest BCUT2D eigenvalue weighted by molar-refractivity contribution is 0.0697. The molecule has 2 N–H and O–H groups in total. The molecule has 0 aliphatic rings. The highest BCUT2D eigenvalue weighted by atomic mass is 19.1. The number of aromatic carboxylic acids is 1. The first-order valence-electron chi connectivity index (χ1n) is 7.08. The van der Waals surface area contributed by atoms with Crippen LogP contribution in [-0.2, 0) is 0 Å². The SMILES string of the molecule is CC.O=C(O)c1ccc2nc(-c3ccc(F)cc3)c(=O)[nH]c2c1. The Kier molecular flexibility index (Phi) is 4.85. The summed E-state index contributed by atoms with van der Waals surface area (Å²) >= 11 is 0. The number of benzene rings is 2. The molecule has 0 saturated heterocycles. The third-order valence-corrected chi connectivity index (χ3v) is 3.06. The molecule has 23 heavy (non-hydrogen) atoms. The lowest BCUT2D eigenvalue weighted by atomic mass is 10.1. The maximum Gasteiger partial charge on any atom is 0.335 e. The predicted octanol–water partition coefficient (Wildman–Crippen LogP) is 3.45. The van der Waals surface area contributed by atoms with Crippen molar-refractivity contribution in [1.29, 1.82) is 0 Å². The molecule has 1 aromatic heterocycles. The molecule has 6 heteroatoms. The summed E-state index contributed by atoms with van der Waals surface area (Å²) in [5, 5.41) is 8.92. The fourth-order valence-electron chi connectivity index (χ4n) is 2.02. The molecule has 1 heterocycles. The topological polar surface area (TPSA) is 83.0 Å². The van der Waals surface area contributed by atoms with Gasteiger partial charge in [-0.2, -0.15) is 0 Å². The molecule has 2 aromatic carbocycles. The number of carboxylic acids is 1. The first-order valence-corrected chi connectivity index (χ1v) is 7.08. The van der Waals surface area contributed by atoms with Crippen LogP contribution in [0.25, 0.3) is 22.3 Å². The summed E-state index contributed by atoms with van der Waals surface area (Å²) in [6.45, 7) is 4.00. The van der Waals surface area contributed by atoms with Crippen molar-refractivity contribution >= 4 is 17.0 Å². The van der Waals surface area contributed by atoms with E-state index in [1.807, 2.05) is 13.8 Å². The summed E-state index contributed by atoms with van der Waals surface area (Å²) in [5.74, 6) is -1.48. The van der Waals surface area contributed by atoms with E-state index in [9.17, 15) is 14.0 Å². The number of hydrogen-bond acceptors (Lipinski definition) is 3. The van der Waals surface area contributed by atoms with Gasteiger partial charge in [0.1, 0.15) is 11.5 Å². The van der Waals surface area contributed by atoms with Gasteiger partial charge in [0.05, 0.1) is 16.6 Å². The van der Waals surface area contributed by atoms with Crippen LogP contribution in [-0.4, -0.2) is 21.0 Å². The zero-order chi connectivity index (χ0) is 17.0. The third-order valence-electron chi connectivity index (χ3n) is 3.06. The van der Waals surface area contributed by atoms with Crippen molar-refractivity contribution in [3.8, 4) is 11.3 Å². The van der Waals surface area contributed by atoms with E-state index >= 15 is 0 Å². The summed E-state index contributed by atoms with van der Waals surface area (Å²) in [6.07, 6.45) is 0. The van der Waals surface area contributed by atoms with E-state index in [1.165, 1.54) is 42.5 Å². The third kappa shape index (κ3) is 3.42. The minimum atomic E-state index is -1.08. The van der Waals surface area contributed by atoms with Crippen LogP contribution in [0.15, 0.2) is 47.3 Å². The van der Waals surface area contributed by atoms with Crippen LogP contribution in [0.3, 0.4) is 0 Å². The molecule has 0 bridgehead atoms. The Morgan fingerprint density at radius 3 is 2.39 bits per heavy atom. The van der Waals surface area contributed by atoms with Gasteiger partial charge in [0.15, 0.2) is 0 Å². The molecular weight excluding hydrogens is 299 g/mol. The fraction of sp³-hybridized carbons (Fsp3) is 0.118. The highest BCUT2D eigenvalue weighted by Crippen LogP contribution is 2.17. The van der Waals surface area contributed by atoms with Crippen molar-refractivity contribution in [3.05, 3.63) is 64.2 Å². The van der Waals surface area contributed by atoms with E-state index in [4.69, 9.17) is 5.11 Å². The molecule has 0 spiro atoms. The van der Waals surface area contributed by atoms with Crippen molar-refractivity contribution < 1.29 is 14.3 Å². The minimum Gasteiger partial charge on any atom is -0.478 e. The number of aromatic nitrogens is 2. The number of carbonyl (C=O) groups is 1. The predicted molar refractivity (Wildman–Crippen MR) is 86.1 cm³/mol. The van der Waals surface area contributed by atoms with Gasteiger partial charge in [-0.05, 0) is 42.5 Å². The van der Waals surface area contributed by atoms with Gasteiger partial charge in [-0.3, -0.25) is 4.79 Å². The molecule has 3 rings (SSSR count). The van der Waals surface area contributed by atoms with Crippen molar-refractivity contribution in [2.45, 2.75) is 13.8 Å². The second kappa shape index (κ2) is 6.83. The molecule has 0 atom stereocenters. The zero-order valence-electron chi connectivity index (χ0n) is 12.6. The van der Waals surface area contributed by atoms with Gasteiger partial charge in [0.2, 0.25) is 0 Å². The van der Waals surface area contributed by atoms with Gasteiger partial charge in [-0.1, -0.05) is 13.8 Å². The van der Waals surface area contributed by atoms with Crippen LogP contribution in [0.4, 0.5) is 4.39 Å². The Morgan fingerprint density at radius 1 is 1.13 bits per heavy atom. The van der Waals surface area contributed by atoms with Crippen LogP contribution < -0.4 is 5.56 Å². The monoisotopic (exact) mass is 314 g/mol. The Labute approximate surface area is 131 Å². The van der Waals surface area contributed by atoms with Gasteiger partial charge in [0.25, 0.3) is 5.56 Å². The van der Waals surface area contributed by atoms with Crippen LogP contribution in [0.5, 0.6) is 0 Å². The maximum absolute atomic E-state index is 12.9. The quantitative estimate of drug-likeness (QED) is 0.759. The second-order valence-electron chi connectivity index (χ2n) is 4.46. The summed E-state index contributed by atoms with van der Waals surface area (Å²) in [6, 6.07) is 9.68. The van der Waals surface area contributed by atoms with Crippen LogP contribution in [0.1, 0.15) is 24.2 Å². The number of H-pyrrole nitrogens is 1. The zero-order valence-corrected chi connectivity index (χ0v) is 12.6. The molecule has 0 aliphatic carbocycles. The Hall–Kier alpha value is -3.02. The van der Waals surface area contributed by atoms with E-state index in [-0.39, 0.29) is 11.3 Å². The van der Waals surface area contributed by atoms with Gasteiger partial charge in [0, 0.05) is 5.56 Å². The van der Waals surface area contributed by atoms with E-state index in [2.05, 4.69) is 9.97 Å². The van der Waals surface area contributed by atoms with Crippen LogP contribution in [0.2, 0.25) is 0 Å². The first kappa shape index (κ1) is 16.4. The van der Waals surface area contributed by atoms with Gasteiger partial charge >= 0.3 is 5.97 Å². The molecule has 0 amide bonds. The molecule has 0 unspecified atom stereocenters. The average Bonchev–Trinajstić information content (AvgIpc) is 2.56. The van der Waals surface area contributed by atoms with Gasteiger partial charge in [-0.15, -0.1) is 0 Å². The Balaban J connectivity index is 0.000000924. The molecule has 0 fully saturated rings. The maximum atomic E-state index is 12.9. The lowest BCUT2D eigenvalue weighted by Crippen LogP contribution is -2.12. The summed E-state index contributed by atoms with van der Waals surface area (Å²) in [7, 11) is 0. The Morgan fingerprint density at radius 2 is 1.78 bits per heavy atom. The van der Waals surface area contributed by atoms with E-state index in [1.54, 1.807) is 0 Å². The highest BCUT2D eigenvalue weighted by molar-refractivity contribution is 5.92. The van der Waals surface area contributed by atoms with E-state index in [0.717, 1.165) is 0 Å². The Bertz CT molecular complexity index is 902. The van der Waals surface area contributed by atoms with Crippen LogP contribution in [0, 0.1) is 5.82 Å². The number of nitrogens with one attached hydrogen (secondary N) is 1.